The van der Waals surface area contributed by atoms with Crippen LogP contribution < -0.4 is 10.1 Å². The summed E-state index contributed by atoms with van der Waals surface area (Å²) in [5.41, 5.74) is 2.46. The molecule has 2 aromatic carbocycles. The zero-order chi connectivity index (χ0) is 19.4. The number of nitrogens with one attached hydrogen (secondary N) is 1. The molecular formula is C22H18N2O4. The molecule has 2 fully saturated rings. The van der Waals surface area contributed by atoms with Crippen LogP contribution in [-0.2, 0) is 9.59 Å². The van der Waals surface area contributed by atoms with Crippen LogP contribution in [-0.4, -0.2) is 35.6 Å². The Morgan fingerprint density at radius 1 is 1.00 bits per heavy atom. The monoisotopic (exact) mass is 374 g/mol. The number of imide groups is 1. The summed E-state index contributed by atoms with van der Waals surface area (Å²) in [4.78, 5) is 40.5. The first-order valence-corrected chi connectivity index (χ1v) is 9.17. The topological polar surface area (TPSA) is 75.7 Å². The van der Waals surface area contributed by atoms with E-state index in [2.05, 4.69) is 5.32 Å². The predicted molar refractivity (Wildman–Crippen MR) is 101 cm³/mol. The van der Waals surface area contributed by atoms with Crippen molar-refractivity contribution >= 4 is 23.7 Å². The Kier molecular flexibility index (Phi) is 3.62. The second kappa shape index (κ2) is 6.05. The number of carbonyl (C=O) groups is 3. The normalized spacial score (nSPS) is 27.1. The fourth-order valence-corrected chi connectivity index (χ4v) is 4.70. The smallest absolute Gasteiger partial charge is 0.233 e. The predicted octanol–water partition coefficient (Wildman–Crippen LogP) is 2.18. The van der Waals surface area contributed by atoms with Crippen molar-refractivity contribution in [2.45, 2.75) is 12.1 Å². The van der Waals surface area contributed by atoms with E-state index in [1.165, 1.54) is 0 Å². The van der Waals surface area contributed by atoms with Crippen molar-refractivity contribution in [2.24, 2.45) is 11.8 Å². The van der Waals surface area contributed by atoms with Gasteiger partial charge in [-0.1, -0.05) is 24.3 Å². The van der Waals surface area contributed by atoms with Crippen LogP contribution >= 0.6 is 0 Å². The van der Waals surface area contributed by atoms with Crippen molar-refractivity contribution in [3.05, 3.63) is 71.4 Å². The molecule has 0 radical (unpaired) electrons. The van der Waals surface area contributed by atoms with Crippen LogP contribution in [0.15, 0.2) is 54.7 Å². The number of rotatable bonds is 3. The summed E-state index contributed by atoms with van der Waals surface area (Å²) >= 11 is 0. The average molecular weight is 374 g/mol. The molecule has 140 valence electrons. The summed E-state index contributed by atoms with van der Waals surface area (Å²) in [5, 5.41) is 2.44. The van der Waals surface area contributed by atoms with E-state index in [4.69, 9.17) is 4.74 Å². The quantitative estimate of drug-likeness (QED) is 0.658. The van der Waals surface area contributed by atoms with Gasteiger partial charge >= 0.3 is 0 Å². The number of Topliss-reactive ketones (excluding diaryl/α,β-unsaturated/α-hetero) is 1. The van der Waals surface area contributed by atoms with Crippen LogP contribution in [0, 0.1) is 11.8 Å². The minimum Gasteiger partial charge on any atom is -0.497 e. The molecule has 3 aliphatic heterocycles. The minimum absolute atomic E-state index is 0.172. The van der Waals surface area contributed by atoms with Crippen molar-refractivity contribution in [2.75, 3.05) is 7.11 Å². The Balaban J connectivity index is 1.61. The van der Waals surface area contributed by atoms with Crippen LogP contribution in [0.1, 0.15) is 27.5 Å². The number of hydrogen-bond donors (Lipinski definition) is 1. The van der Waals surface area contributed by atoms with E-state index in [-0.39, 0.29) is 23.6 Å². The highest BCUT2D eigenvalue weighted by molar-refractivity contribution is 6.12. The number of carbonyl (C=O) groups excluding carboxylic acids is 3. The summed E-state index contributed by atoms with van der Waals surface area (Å²) in [6, 6.07) is 13.6. The second-order valence-electron chi connectivity index (χ2n) is 7.28. The highest BCUT2D eigenvalue weighted by Crippen LogP contribution is 2.51. The fourth-order valence-electron chi connectivity index (χ4n) is 4.70. The van der Waals surface area contributed by atoms with Gasteiger partial charge in [-0.15, -0.1) is 0 Å². The van der Waals surface area contributed by atoms with Gasteiger partial charge in [0.05, 0.1) is 25.0 Å². The van der Waals surface area contributed by atoms with Gasteiger partial charge in [-0.25, -0.2) is 0 Å². The first kappa shape index (κ1) is 16.7. The highest BCUT2D eigenvalue weighted by Gasteiger charge is 2.61. The lowest BCUT2D eigenvalue weighted by atomic mass is 9.83. The van der Waals surface area contributed by atoms with E-state index in [9.17, 15) is 14.4 Å². The van der Waals surface area contributed by atoms with Crippen LogP contribution in [0.4, 0.5) is 0 Å². The Bertz CT molecular complexity index is 1030. The third-order valence-corrected chi connectivity index (χ3v) is 5.95. The maximum atomic E-state index is 13.4. The molecule has 2 amide bonds. The van der Waals surface area contributed by atoms with Gasteiger partial charge in [0.15, 0.2) is 5.78 Å². The molecule has 5 rings (SSSR count). The SMILES string of the molecule is COc1ccc(C(=O)[C@@H]2[C@@H]3C(=O)NC(=O)[C@@H]3[C@@H]3c4ccccc4C=CN23)cc1. The van der Waals surface area contributed by atoms with Gasteiger partial charge in [0, 0.05) is 11.8 Å². The molecule has 6 nitrogen and oxygen atoms in total. The van der Waals surface area contributed by atoms with E-state index in [0.717, 1.165) is 11.1 Å². The largest absolute Gasteiger partial charge is 0.497 e. The lowest BCUT2D eigenvalue weighted by Gasteiger charge is -2.34. The zero-order valence-electron chi connectivity index (χ0n) is 15.2. The van der Waals surface area contributed by atoms with Crippen molar-refractivity contribution in [3.63, 3.8) is 0 Å². The Morgan fingerprint density at radius 3 is 2.46 bits per heavy atom. The van der Waals surface area contributed by atoms with Gasteiger partial charge < -0.3 is 9.64 Å². The molecule has 6 heteroatoms. The third-order valence-electron chi connectivity index (χ3n) is 5.95. The third kappa shape index (κ3) is 2.24. The van der Waals surface area contributed by atoms with Gasteiger partial charge in [0.25, 0.3) is 0 Å². The number of methoxy groups -OCH3 is 1. The van der Waals surface area contributed by atoms with Crippen molar-refractivity contribution < 1.29 is 19.1 Å². The van der Waals surface area contributed by atoms with Crippen molar-refractivity contribution in [3.8, 4) is 5.75 Å². The Morgan fingerprint density at radius 2 is 1.71 bits per heavy atom. The lowest BCUT2D eigenvalue weighted by molar-refractivity contribution is -0.127. The van der Waals surface area contributed by atoms with Crippen molar-refractivity contribution in [1.82, 2.24) is 10.2 Å². The van der Waals surface area contributed by atoms with E-state index in [1.807, 2.05) is 41.4 Å². The number of ketones is 1. The van der Waals surface area contributed by atoms with Crippen LogP contribution in [0.3, 0.4) is 0 Å². The van der Waals surface area contributed by atoms with Crippen molar-refractivity contribution in [1.29, 1.82) is 0 Å². The maximum Gasteiger partial charge on any atom is 0.233 e. The minimum atomic E-state index is -0.723. The first-order chi connectivity index (χ1) is 13.6. The lowest BCUT2D eigenvalue weighted by Crippen LogP contribution is -2.42. The number of ether oxygens (including phenoxy) is 1. The standard InChI is InChI=1S/C22H18N2O4/c1-28-14-8-6-13(7-9-14)20(25)19-17-16(21(26)23-22(17)27)18-15-5-3-2-4-12(15)10-11-24(18)19/h2-11,16-19H,1H3,(H,23,26,27)/t16-,17+,18-,19-/m0/s1. The molecule has 0 aliphatic carbocycles. The maximum absolute atomic E-state index is 13.4. The Hall–Kier alpha value is -3.41. The molecule has 0 bridgehead atoms. The molecule has 4 atom stereocenters. The van der Waals surface area contributed by atoms with Gasteiger partial charge in [0.1, 0.15) is 11.8 Å². The number of fused-ring (bicyclic) bond motifs is 5. The van der Waals surface area contributed by atoms with E-state index in [1.54, 1.807) is 31.4 Å². The fraction of sp³-hybridized carbons (Fsp3) is 0.227. The number of benzene rings is 2. The molecule has 0 saturated carbocycles. The van der Waals surface area contributed by atoms with Gasteiger partial charge in [0.2, 0.25) is 11.8 Å². The van der Waals surface area contributed by atoms with Crippen LogP contribution in [0.2, 0.25) is 0 Å². The summed E-state index contributed by atoms with van der Waals surface area (Å²) in [6.07, 6.45) is 3.78. The summed E-state index contributed by atoms with van der Waals surface area (Å²) in [7, 11) is 1.56. The first-order valence-electron chi connectivity index (χ1n) is 9.17. The molecule has 28 heavy (non-hydrogen) atoms. The second-order valence-corrected chi connectivity index (χ2v) is 7.28. The van der Waals surface area contributed by atoms with E-state index >= 15 is 0 Å². The number of amides is 2. The molecule has 3 heterocycles. The Labute approximate surface area is 161 Å². The number of nitrogens with zero attached hydrogens (tertiary/aromatic N) is 1. The van der Waals surface area contributed by atoms with Gasteiger partial charge in [-0.3, -0.25) is 19.7 Å². The van der Waals surface area contributed by atoms with Gasteiger partial charge in [-0.05, 0) is 41.5 Å². The van der Waals surface area contributed by atoms with E-state index < -0.39 is 17.9 Å². The summed E-state index contributed by atoms with van der Waals surface area (Å²) in [6.45, 7) is 0. The van der Waals surface area contributed by atoms with Crippen LogP contribution in [0.25, 0.3) is 6.08 Å². The zero-order valence-corrected chi connectivity index (χ0v) is 15.2. The van der Waals surface area contributed by atoms with Gasteiger partial charge in [-0.2, -0.15) is 0 Å². The molecular weight excluding hydrogens is 356 g/mol. The average Bonchev–Trinajstić information content (AvgIpc) is 3.22. The molecule has 0 unspecified atom stereocenters. The molecule has 1 N–H and O–H groups in total. The summed E-state index contributed by atoms with van der Waals surface area (Å²) in [5.74, 6) is -1.48. The molecule has 2 saturated heterocycles. The molecule has 3 aliphatic rings. The van der Waals surface area contributed by atoms with E-state index in [0.29, 0.717) is 11.3 Å². The van der Waals surface area contributed by atoms with Crippen LogP contribution in [0.5, 0.6) is 5.75 Å². The molecule has 0 spiro atoms. The highest BCUT2D eigenvalue weighted by atomic mass is 16.5. The number of hydrogen-bond acceptors (Lipinski definition) is 5. The molecule has 2 aromatic rings. The summed E-state index contributed by atoms with van der Waals surface area (Å²) < 4.78 is 5.16. The molecule has 0 aromatic heterocycles.